The maximum atomic E-state index is 14.2. The molecule has 0 atom stereocenters. The largest absolute Gasteiger partial charge is 1.00 e. The molecule has 0 amide bonds. The summed E-state index contributed by atoms with van der Waals surface area (Å²) in [5.41, 5.74) is -30.2. The third kappa shape index (κ3) is 10.6. The number of alkyl halides is 24. The molecule has 26 heteroatoms. The predicted octanol–water partition coefficient (Wildman–Crippen LogP) is 8.22. The van der Waals surface area contributed by atoms with Gasteiger partial charge in [0.15, 0.2) is 0 Å². The molecule has 58 heavy (non-hydrogen) atoms. The van der Waals surface area contributed by atoms with Gasteiger partial charge in [0.05, 0.1) is 44.5 Å². The van der Waals surface area contributed by atoms with Gasteiger partial charge in [-0.15, -0.1) is 0 Å². The summed E-state index contributed by atoms with van der Waals surface area (Å²) >= 11 is 0. The van der Waals surface area contributed by atoms with Gasteiger partial charge in [-0.05, 0) is 24.3 Å². The SMILES string of the molecule is FC(F)(F)c1cc([B-](c2cc(C(F)(F)F)cc(C(F)(F)F)c2)(c2cc(C(F)(F)F)cc(C(F)(F)F)c2)c2cc(C(F)(F)F)cc(C(F)(F)F)c2)cc(C(F)(F)F)c1.[Cs+]. The van der Waals surface area contributed by atoms with Gasteiger partial charge in [-0.2, -0.15) is 127 Å². The average molecular weight is 996 g/mol. The second-order valence-electron chi connectivity index (χ2n) is 12.2. The molecule has 0 fully saturated rings. The van der Waals surface area contributed by atoms with Gasteiger partial charge in [-0.25, -0.2) is 0 Å². The van der Waals surface area contributed by atoms with Gasteiger partial charge in [-0.1, -0.05) is 48.5 Å². The van der Waals surface area contributed by atoms with Crippen LogP contribution in [0.3, 0.4) is 0 Å². The van der Waals surface area contributed by atoms with Crippen LogP contribution in [0.25, 0.3) is 0 Å². The van der Waals surface area contributed by atoms with E-state index in [-0.39, 0.29) is 68.9 Å². The van der Waals surface area contributed by atoms with Crippen molar-refractivity contribution in [1.29, 1.82) is 0 Å². The van der Waals surface area contributed by atoms with Gasteiger partial charge < -0.3 is 0 Å². The van der Waals surface area contributed by atoms with Crippen LogP contribution >= 0.6 is 0 Å². The van der Waals surface area contributed by atoms with Crippen molar-refractivity contribution in [3.63, 3.8) is 0 Å². The van der Waals surface area contributed by atoms with E-state index >= 15 is 0 Å². The van der Waals surface area contributed by atoms with E-state index < -0.39 is 195 Å². The van der Waals surface area contributed by atoms with E-state index in [1.807, 2.05) is 0 Å². The molecule has 0 aliphatic carbocycles. The Bertz CT molecular complexity index is 1700. The van der Waals surface area contributed by atoms with Crippen molar-refractivity contribution in [2.75, 3.05) is 0 Å². The normalized spacial score (nSPS) is 14.1. The van der Waals surface area contributed by atoms with E-state index in [2.05, 4.69) is 0 Å². The first-order chi connectivity index (χ1) is 25.3. The Morgan fingerprint density at radius 3 is 0.397 bits per heavy atom. The number of rotatable bonds is 4. The third-order valence-corrected chi connectivity index (χ3v) is 8.44. The first-order valence-corrected chi connectivity index (χ1v) is 14.6. The van der Waals surface area contributed by atoms with Crippen molar-refractivity contribution in [3.8, 4) is 0 Å². The minimum Gasteiger partial charge on any atom is -0.194 e. The molecule has 0 radical (unpaired) electrons. The number of benzene rings is 4. The van der Waals surface area contributed by atoms with Crippen molar-refractivity contribution in [2.24, 2.45) is 0 Å². The minimum atomic E-state index is -6.13. The zero-order chi connectivity index (χ0) is 43.9. The molecule has 0 spiro atoms. The fourth-order valence-electron chi connectivity index (χ4n) is 6.07. The van der Waals surface area contributed by atoms with Crippen molar-refractivity contribution in [2.45, 2.75) is 49.4 Å². The molecule has 0 nitrogen and oxygen atoms in total. The van der Waals surface area contributed by atoms with E-state index in [0.29, 0.717) is 0 Å². The molecule has 0 unspecified atom stereocenters. The summed E-state index contributed by atoms with van der Waals surface area (Å²) in [6.45, 7) is 0. The summed E-state index contributed by atoms with van der Waals surface area (Å²) in [6.07, 6.45) is -54.8. The number of hydrogen-bond acceptors (Lipinski definition) is 0. The van der Waals surface area contributed by atoms with Crippen LogP contribution in [0.1, 0.15) is 44.5 Å². The topological polar surface area (TPSA) is 0 Å². The second kappa shape index (κ2) is 15.7. The Morgan fingerprint density at radius 1 is 0.207 bits per heavy atom. The maximum absolute atomic E-state index is 14.2. The van der Waals surface area contributed by atoms with E-state index in [4.69, 9.17) is 0 Å². The molecule has 0 aliphatic rings. The average Bonchev–Trinajstić information content (AvgIpc) is 3.01. The first-order valence-electron chi connectivity index (χ1n) is 14.6. The van der Waals surface area contributed by atoms with Gasteiger partial charge in [0, 0.05) is 0 Å². The Labute approximate surface area is 365 Å². The summed E-state index contributed by atoms with van der Waals surface area (Å²) in [4.78, 5) is 0. The predicted molar refractivity (Wildman–Crippen MR) is 150 cm³/mol. The van der Waals surface area contributed by atoms with Gasteiger partial charge in [0.1, 0.15) is 6.15 Å². The molecule has 312 valence electrons. The Kier molecular flexibility index (Phi) is 13.4. The zero-order valence-electron chi connectivity index (χ0n) is 27.6. The van der Waals surface area contributed by atoms with Crippen LogP contribution in [0.15, 0.2) is 72.8 Å². The summed E-state index contributed by atoms with van der Waals surface area (Å²) in [6, 6.07) is -8.81. The van der Waals surface area contributed by atoms with Crippen LogP contribution in [0.2, 0.25) is 0 Å². The van der Waals surface area contributed by atoms with Crippen molar-refractivity contribution in [1.82, 2.24) is 0 Å². The van der Waals surface area contributed by atoms with E-state index in [1.165, 1.54) is 0 Å². The quantitative estimate of drug-likeness (QED) is 0.143. The van der Waals surface area contributed by atoms with Crippen LogP contribution in [0, 0.1) is 0 Å². The van der Waals surface area contributed by atoms with Crippen LogP contribution in [-0.2, 0) is 49.4 Å². The Morgan fingerprint density at radius 2 is 0.310 bits per heavy atom. The summed E-state index contributed by atoms with van der Waals surface area (Å²) < 4.78 is 341. The fraction of sp³-hybridized carbons (Fsp3) is 0.250. The zero-order valence-corrected chi connectivity index (χ0v) is 33.9. The molecule has 0 saturated carbocycles. The van der Waals surface area contributed by atoms with Gasteiger partial charge in [-0.3, -0.25) is 0 Å². The van der Waals surface area contributed by atoms with Crippen molar-refractivity contribution >= 4 is 28.0 Å². The Balaban J connectivity index is 0.00000900. The molecule has 4 aromatic rings. The molecule has 0 aromatic heterocycles. The first kappa shape index (κ1) is 49.7. The second-order valence-corrected chi connectivity index (χ2v) is 12.2. The van der Waals surface area contributed by atoms with Crippen LogP contribution in [0.4, 0.5) is 105 Å². The van der Waals surface area contributed by atoms with Gasteiger partial charge in [0.2, 0.25) is 0 Å². The summed E-state index contributed by atoms with van der Waals surface area (Å²) in [7, 11) is 0. The standard InChI is InChI=1S/C32H12BF24.Cs/c34-25(35,36)13-1-14(26(37,38)39)6-21(5-13)33(22-7-15(27(40,41)42)2-16(8-22)28(43,44)45,23-9-17(29(46,47)48)3-18(10-23)30(49,50)51)24-11-19(31(52,53)54)4-20(12-24)32(55,56)57;/h1-12H;/q-1;+1. The van der Waals surface area contributed by atoms with Crippen molar-refractivity contribution in [3.05, 3.63) is 117 Å². The van der Waals surface area contributed by atoms with Crippen molar-refractivity contribution < 1.29 is 174 Å². The Hall–Kier alpha value is -2.68. The maximum Gasteiger partial charge on any atom is 1.00 e. The molecule has 0 heterocycles. The molecular formula is C32H12BCsF24. The molecule has 0 aliphatic heterocycles. The monoisotopic (exact) mass is 996 g/mol. The summed E-state index contributed by atoms with van der Waals surface area (Å²) in [5.74, 6) is 0. The molecule has 4 rings (SSSR count). The minimum absolute atomic E-state index is 0. The number of hydrogen-bond donors (Lipinski definition) is 0. The molecule has 0 bridgehead atoms. The van der Waals surface area contributed by atoms with Crippen LogP contribution < -0.4 is 90.7 Å². The fourth-order valence-corrected chi connectivity index (χ4v) is 6.07. The third-order valence-electron chi connectivity index (χ3n) is 8.44. The van der Waals surface area contributed by atoms with E-state index in [0.717, 1.165) is 0 Å². The molecule has 0 N–H and O–H groups in total. The smallest absolute Gasteiger partial charge is 0.194 e. The van der Waals surface area contributed by atoms with Crippen LogP contribution in [-0.4, -0.2) is 6.15 Å². The van der Waals surface area contributed by atoms with Crippen LogP contribution in [0.5, 0.6) is 0 Å². The van der Waals surface area contributed by atoms with Gasteiger partial charge >= 0.3 is 118 Å². The molecular weight excluding hydrogens is 984 g/mol. The summed E-state index contributed by atoms with van der Waals surface area (Å²) in [5, 5.41) is 0. The van der Waals surface area contributed by atoms with E-state index in [9.17, 15) is 105 Å². The number of halogens is 24. The molecule has 0 saturated heterocycles. The van der Waals surface area contributed by atoms with E-state index in [1.54, 1.807) is 0 Å². The molecule has 4 aromatic carbocycles. The van der Waals surface area contributed by atoms with Gasteiger partial charge in [0.25, 0.3) is 0 Å².